The minimum absolute atomic E-state index is 0.236. The lowest BCUT2D eigenvalue weighted by atomic mass is 10.2. The van der Waals surface area contributed by atoms with E-state index in [4.69, 9.17) is 0 Å². The molecule has 2 rings (SSSR count). The van der Waals surface area contributed by atoms with Crippen molar-refractivity contribution < 1.29 is 4.39 Å². The van der Waals surface area contributed by atoms with Crippen molar-refractivity contribution >= 4 is 21.7 Å². The second-order valence-electron chi connectivity index (χ2n) is 3.98. The van der Waals surface area contributed by atoms with Gasteiger partial charge in [-0.25, -0.2) is 14.4 Å². The standard InChI is InChI=1S/C13H14BrFN4/c1-16-8-13-17-5-4-12(19-13)18-7-9-6-10(14)2-3-11(9)15/h2-6,16H,7-8H2,1H3,(H,17,18,19). The fraction of sp³-hybridized carbons (Fsp3) is 0.231. The highest BCUT2D eigenvalue weighted by molar-refractivity contribution is 9.10. The molecule has 0 fully saturated rings. The zero-order valence-electron chi connectivity index (χ0n) is 10.5. The van der Waals surface area contributed by atoms with Crippen molar-refractivity contribution in [3.63, 3.8) is 0 Å². The Morgan fingerprint density at radius 2 is 2.11 bits per heavy atom. The zero-order valence-corrected chi connectivity index (χ0v) is 12.0. The maximum atomic E-state index is 13.6. The minimum atomic E-state index is -0.236. The quantitative estimate of drug-likeness (QED) is 0.887. The van der Waals surface area contributed by atoms with E-state index in [9.17, 15) is 4.39 Å². The van der Waals surface area contributed by atoms with Gasteiger partial charge in [-0.05, 0) is 31.3 Å². The fourth-order valence-corrected chi connectivity index (χ4v) is 2.01. The van der Waals surface area contributed by atoms with Crippen LogP contribution in [-0.4, -0.2) is 17.0 Å². The lowest BCUT2D eigenvalue weighted by Crippen LogP contribution is -2.11. The molecule has 0 atom stereocenters. The van der Waals surface area contributed by atoms with E-state index in [0.29, 0.717) is 30.3 Å². The first-order valence-electron chi connectivity index (χ1n) is 5.83. The molecule has 0 aliphatic rings. The number of nitrogens with one attached hydrogen (secondary N) is 2. The molecule has 0 radical (unpaired) electrons. The third-order valence-electron chi connectivity index (χ3n) is 2.51. The van der Waals surface area contributed by atoms with Crippen molar-refractivity contribution in [2.24, 2.45) is 0 Å². The minimum Gasteiger partial charge on any atom is -0.366 e. The summed E-state index contributed by atoms with van der Waals surface area (Å²) in [6, 6.07) is 6.62. The molecule has 2 aromatic rings. The van der Waals surface area contributed by atoms with Gasteiger partial charge in [0.05, 0.1) is 6.54 Å². The lowest BCUT2D eigenvalue weighted by Gasteiger charge is -2.08. The van der Waals surface area contributed by atoms with Crippen molar-refractivity contribution in [1.82, 2.24) is 15.3 Å². The molecule has 0 spiro atoms. The SMILES string of the molecule is CNCc1nccc(NCc2cc(Br)ccc2F)n1. The average molecular weight is 325 g/mol. The lowest BCUT2D eigenvalue weighted by molar-refractivity contribution is 0.612. The second-order valence-corrected chi connectivity index (χ2v) is 4.89. The van der Waals surface area contributed by atoms with E-state index in [1.807, 2.05) is 7.05 Å². The van der Waals surface area contributed by atoms with Crippen LogP contribution in [0, 0.1) is 5.82 Å². The molecular weight excluding hydrogens is 311 g/mol. The van der Waals surface area contributed by atoms with Crippen LogP contribution in [0.5, 0.6) is 0 Å². The van der Waals surface area contributed by atoms with Gasteiger partial charge >= 0.3 is 0 Å². The first-order valence-corrected chi connectivity index (χ1v) is 6.62. The normalized spacial score (nSPS) is 10.5. The van der Waals surface area contributed by atoms with Crippen LogP contribution in [-0.2, 0) is 13.1 Å². The van der Waals surface area contributed by atoms with Gasteiger partial charge in [0, 0.05) is 22.8 Å². The molecular formula is C13H14BrFN4. The summed E-state index contributed by atoms with van der Waals surface area (Å²) >= 11 is 3.33. The Labute approximate surface area is 119 Å². The Balaban J connectivity index is 2.05. The van der Waals surface area contributed by atoms with E-state index in [0.717, 1.165) is 4.47 Å². The zero-order chi connectivity index (χ0) is 13.7. The highest BCUT2D eigenvalue weighted by atomic mass is 79.9. The summed E-state index contributed by atoms with van der Waals surface area (Å²) in [6.07, 6.45) is 1.68. The maximum Gasteiger partial charge on any atom is 0.144 e. The molecule has 4 nitrogen and oxygen atoms in total. The predicted molar refractivity (Wildman–Crippen MR) is 76.2 cm³/mol. The van der Waals surface area contributed by atoms with Crippen LogP contribution in [0.25, 0.3) is 0 Å². The van der Waals surface area contributed by atoms with Gasteiger partial charge < -0.3 is 10.6 Å². The molecule has 0 saturated carbocycles. The van der Waals surface area contributed by atoms with E-state index in [1.54, 1.807) is 24.4 Å². The van der Waals surface area contributed by atoms with Crippen molar-refractivity contribution in [2.75, 3.05) is 12.4 Å². The van der Waals surface area contributed by atoms with E-state index in [1.165, 1.54) is 6.07 Å². The summed E-state index contributed by atoms with van der Waals surface area (Å²) in [5, 5.41) is 6.07. The van der Waals surface area contributed by atoms with Crippen molar-refractivity contribution in [3.05, 3.63) is 52.1 Å². The summed E-state index contributed by atoms with van der Waals surface area (Å²) in [5.74, 6) is 1.14. The number of nitrogens with zero attached hydrogens (tertiary/aromatic N) is 2. The first kappa shape index (κ1) is 13.9. The Kier molecular flexibility index (Phi) is 4.81. The summed E-state index contributed by atoms with van der Waals surface area (Å²) in [7, 11) is 1.83. The van der Waals surface area contributed by atoms with E-state index in [2.05, 4.69) is 36.5 Å². The molecule has 100 valence electrons. The van der Waals surface area contributed by atoms with Gasteiger partial charge in [-0.15, -0.1) is 0 Å². The first-order chi connectivity index (χ1) is 9.19. The van der Waals surface area contributed by atoms with Gasteiger partial charge in [0.1, 0.15) is 17.5 Å². The average Bonchev–Trinajstić information content (AvgIpc) is 2.41. The molecule has 0 unspecified atom stereocenters. The molecule has 0 amide bonds. The molecule has 0 bridgehead atoms. The summed E-state index contributed by atoms with van der Waals surface area (Å²) < 4.78 is 14.4. The topological polar surface area (TPSA) is 49.8 Å². The van der Waals surface area contributed by atoms with Gasteiger partial charge in [-0.1, -0.05) is 15.9 Å². The van der Waals surface area contributed by atoms with Crippen LogP contribution < -0.4 is 10.6 Å². The van der Waals surface area contributed by atoms with Crippen LogP contribution in [0.2, 0.25) is 0 Å². The molecule has 0 aliphatic heterocycles. The highest BCUT2D eigenvalue weighted by Gasteiger charge is 2.04. The number of hydrogen-bond acceptors (Lipinski definition) is 4. The monoisotopic (exact) mass is 324 g/mol. The summed E-state index contributed by atoms with van der Waals surface area (Å²) in [5.41, 5.74) is 0.586. The van der Waals surface area contributed by atoms with E-state index < -0.39 is 0 Å². The van der Waals surface area contributed by atoms with Gasteiger partial charge in [0.2, 0.25) is 0 Å². The molecule has 1 heterocycles. The molecule has 1 aromatic carbocycles. The Morgan fingerprint density at radius 3 is 2.89 bits per heavy atom. The number of hydrogen-bond donors (Lipinski definition) is 2. The molecule has 6 heteroatoms. The molecule has 0 aliphatic carbocycles. The smallest absolute Gasteiger partial charge is 0.144 e. The number of benzene rings is 1. The Bertz CT molecular complexity index is 562. The van der Waals surface area contributed by atoms with Crippen LogP contribution in [0.15, 0.2) is 34.9 Å². The Hall–Kier alpha value is -1.53. The number of halogens is 2. The largest absolute Gasteiger partial charge is 0.366 e. The molecule has 1 aromatic heterocycles. The third-order valence-corrected chi connectivity index (χ3v) is 3.00. The second kappa shape index (κ2) is 6.58. The number of aromatic nitrogens is 2. The van der Waals surface area contributed by atoms with E-state index in [-0.39, 0.29) is 5.82 Å². The highest BCUT2D eigenvalue weighted by Crippen LogP contribution is 2.16. The number of anilines is 1. The van der Waals surface area contributed by atoms with Crippen LogP contribution >= 0.6 is 15.9 Å². The fourth-order valence-electron chi connectivity index (χ4n) is 1.61. The predicted octanol–water partition coefficient (Wildman–Crippen LogP) is 2.71. The summed E-state index contributed by atoms with van der Waals surface area (Å²) in [4.78, 5) is 8.43. The van der Waals surface area contributed by atoms with Crippen LogP contribution in [0.1, 0.15) is 11.4 Å². The van der Waals surface area contributed by atoms with Crippen molar-refractivity contribution in [1.29, 1.82) is 0 Å². The van der Waals surface area contributed by atoms with Crippen molar-refractivity contribution in [3.8, 4) is 0 Å². The Morgan fingerprint density at radius 1 is 1.26 bits per heavy atom. The molecule has 19 heavy (non-hydrogen) atoms. The third kappa shape index (κ3) is 3.97. The number of rotatable bonds is 5. The van der Waals surface area contributed by atoms with Gasteiger partial charge in [-0.3, -0.25) is 0 Å². The van der Waals surface area contributed by atoms with E-state index >= 15 is 0 Å². The van der Waals surface area contributed by atoms with Crippen LogP contribution in [0.4, 0.5) is 10.2 Å². The van der Waals surface area contributed by atoms with Gasteiger partial charge in [0.15, 0.2) is 0 Å². The molecule has 2 N–H and O–H groups in total. The summed E-state index contributed by atoms with van der Waals surface area (Å²) in [6.45, 7) is 0.974. The van der Waals surface area contributed by atoms with Crippen LogP contribution in [0.3, 0.4) is 0 Å². The molecule has 0 saturated heterocycles. The van der Waals surface area contributed by atoms with Gasteiger partial charge in [0.25, 0.3) is 0 Å². The maximum absolute atomic E-state index is 13.6. The van der Waals surface area contributed by atoms with Gasteiger partial charge in [-0.2, -0.15) is 0 Å². The van der Waals surface area contributed by atoms with Crippen molar-refractivity contribution in [2.45, 2.75) is 13.1 Å².